The van der Waals surface area contributed by atoms with Crippen LogP contribution in [0, 0.1) is 0 Å². The van der Waals surface area contributed by atoms with E-state index in [0.717, 1.165) is 43.5 Å². The monoisotopic (exact) mass is 437 g/mol. The van der Waals surface area contributed by atoms with Gasteiger partial charge < -0.3 is 18.5 Å². The molecule has 0 amide bonds. The van der Waals surface area contributed by atoms with Gasteiger partial charge in [-0.3, -0.25) is 0 Å². The highest BCUT2D eigenvalue weighted by Gasteiger charge is 2.26. The van der Waals surface area contributed by atoms with Crippen LogP contribution in [0.5, 0.6) is 0 Å². The average molecular weight is 438 g/mol. The third-order valence-electron chi connectivity index (χ3n) is 5.64. The van der Waals surface area contributed by atoms with E-state index in [1.54, 1.807) is 7.11 Å². The summed E-state index contributed by atoms with van der Waals surface area (Å²) in [4.78, 5) is 0. The van der Waals surface area contributed by atoms with Crippen molar-refractivity contribution in [2.75, 3.05) is 58.9 Å². The Morgan fingerprint density at radius 1 is 0.690 bits per heavy atom. The van der Waals surface area contributed by atoms with Gasteiger partial charge in [-0.25, -0.2) is 8.42 Å². The molecular formula is C22H47NO5S. The Morgan fingerprint density at radius 2 is 1.21 bits per heavy atom. The van der Waals surface area contributed by atoms with Gasteiger partial charge in [0.15, 0.2) is 0 Å². The molecule has 176 valence electrons. The van der Waals surface area contributed by atoms with Gasteiger partial charge in [-0.15, -0.1) is 0 Å². The summed E-state index contributed by atoms with van der Waals surface area (Å²) in [5.41, 5.74) is 0. The van der Waals surface area contributed by atoms with Gasteiger partial charge in [-0.05, 0) is 25.7 Å². The zero-order valence-corrected chi connectivity index (χ0v) is 20.1. The summed E-state index contributed by atoms with van der Waals surface area (Å²) in [5, 5.41) is 0. The molecule has 0 aromatic carbocycles. The molecule has 0 spiro atoms. The maximum absolute atomic E-state index is 11.1. The van der Waals surface area contributed by atoms with Gasteiger partial charge in [-0.2, -0.15) is 0 Å². The molecule has 0 heterocycles. The Balaban J connectivity index is 4.86. The summed E-state index contributed by atoms with van der Waals surface area (Å²) < 4.78 is 45.0. The number of hydrogen-bond donors (Lipinski definition) is 0. The van der Waals surface area contributed by atoms with Crippen molar-refractivity contribution < 1.29 is 26.9 Å². The molecular weight excluding hydrogens is 390 g/mol. The molecule has 0 aliphatic heterocycles. The van der Waals surface area contributed by atoms with E-state index in [2.05, 4.69) is 13.8 Å². The number of hydrogen-bond acceptors (Lipinski definition) is 5. The molecule has 0 aromatic heterocycles. The Hall–Kier alpha value is -0.210. The zero-order valence-electron chi connectivity index (χ0n) is 19.3. The molecule has 0 saturated carbocycles. The van der Waals surface area contributed by atoms with Crippen LogP contribution in [0.1, 0.15) is 84.5 Å². The second kappa shape index (κ2) is 18.6. The molecule has 0 aliphatic rings. The summed E-state index contributed by atoms with van der Waals surface area (Å²) in [6.07, 6.45) is 12.7. The third-order valence-corrected chi connectivity index (χ3v) is 6.43. The molecule has 0 saturated heterocycles. The van der Waals surface area contributed by atoms with E-state index in [9.17, 15) is 13.0 Å². The van der Waals surface area contributed by atoms with Crippen molar-refractivity contribution in [1.29, 1.82) is 0 Å². The fourth-order valence-corrected chi connectivity index (χ4v) is 4.33. The van der Waals surface area contributed by atoms with Crippen LogP contribution >= 0.6 is 0 Å². The molecule has 0 atom stereocenters. The molecule has 0 N–H and O–H groups in total. The maximum Gasteiger partial charge on any atom is 0.102 e. The van der Waals surface area contributed by atoms with Gasteiger partial charge in [0.05, 0.1) is 49.6 Å². The van der Waals surface area contributed by atoms with Crippen molar-refractivity contribution in [3.05, 3.63) is 0 Å². The molecule has 6 nitrogen and oxygen atoms in total. The van der Waals surface area contributed by atoms with Crippen LogP contribution in [-0.2, 0) is 19.6 Å². The standard InChI is InChI=1S/C22H47NO5S/c1-4-6-8-10-12-15-23(16-13-11-9-7-5-2,17-14-22-29(24,25)26)18-19-28-21-20-27-3/h4-22H2,1-3H3. The number of quaternary nitrogens is 1. The lowest BCUT2D eigenvalue weighted by molar-refractivity contribution is -0.929. The third kappa shape index (κ3) is 18.3. The summed E-state index contributed by atoms with van der Waals surface area (Å²) in [6.45, 7) is 9.97. The van der Waals surface area contributed by atoms with Gasteiger partial charge in [0.1, 0.15) is 6.54 Å². The van der Waals surface area contributed by atoms with Crippen LogP contribution in [0.15, 0.2) is 0 Å². The molecule has 0 aromatic rings. The van der Waals surface area contributed by atoms with Crippen LogP contribution in [-0.4, -0.2) is 76.3 Å². The average Bonchev–Trinajstić information content (AvgIpc) is 2.66. The Labute approximate surface area is 180 Å². The zero-order chi connectivity index (χ0) is 21.8. The minimum absolute atomic E-state index is 0.261. The first-order valence-corrected chi connectivity index (χ1v) is 13.3. The number of unbranched alkanes of at least 4 members (excludes halogenated alkanes) is 8. The Bertz CT molecular complexity index is 420. The van der Waals surface area contributed by atoms with Gasteiger partial charge in [0.2, 0.25) is 0 Å². The second-order valence-corrected chi connectivity index (χ2v) is 9.81. The quantitative estimate of drug-likeness (QED) is 0.143. The van der Waals surface area contributed by atoms with E-state index in [1.165, 1.54) is 51.4 Å². The van der Waals surface area contributed by atoms with E-state index < -0.39 is 10.1 Å². The summed E-state index contributed by atoms with van der Waals surface area (Å²) in [5.74, 6) is -0.261. The van der Waals surface area contributed by atoms with E-state index in [-0.39, 0.29) is 5.75 Å². The van der Waals surface area contributed by atoms with Crippen LogP contribution < -0.4 is 0 Å². The Kier molecular flexibility index (Phi) is 18.4. The predicted octanol–water partition coefficient (Wildman–Crippen LogP) is 4.34. The maximum atomic E-state index is 11.1. The first-order valence-electron chi connectivity index (χ1n) is 11.7. The number of methoxy groups -OCH3 is 1. The summed E-state index contributed by atoms with van der Waals surface area (Å²) in [7, 11) is -2.49. The molecule has 0 aliphatic carbocycles. The molecule has 0 rings (SSSR count). The topological polar surface area (TPSA) is 75.7 Å². The van der Waals surface area contributed by atoms with Crippen molar-refractivity contribution in [3.8, 4) is 0 Å². The van der Waals surface area contributed by atoms with E-state index in [1.807, 2.05) is 0 Å². The van der Waals surface area contributed by atoms with Crippen LogP contribution in [0.4, 0.5) is 0 Å². The largest absolute Gasteiger partial charge is 0.748 e. The van der Waals surface area contributed by atoms with Gasteiger partial charge in [0, 0.05) is 19.3 Å². The number of rotatable bonds is 22. The van der Waals surface area contributed by atoms with Crippen LogP contribution in [0.3, 0.4) is 0 Å². The fourth-order valence-electron chi connectivity index (χ4n) is 3.85. The van der Waals surface area contributed by atoms with E-state index >= 15 is 0 Å². The molecule has 29 heavy (non-hydrogen) atoms. The smallest absolute Gasteiger partial charge is 0.102 e. The van der Waals surface area contributed by atoms with Crippen molar-refractivity contribution in [1.82, 2.24) is 0 Å². The first kappa shape index (κ1) is 28.8. The first-order chi connectivity index (χ1) is 13.9. The molecule has 0 unspecified atom stereocenters. The molecule has 0 fully saturated rings. The lowest BCUT2D eigenvalue weighted by atomic mass is 10.1. The molecule has 7 heteroatoms. The highest BCUT2D eigenvalue weighted by atomic mass is 32.2. The highest BCUT2D eigenvalue weighted by Crippen LogP contribution is 2.17. The van der Waals surface area contributed by atoms with Gasteiger partial charge >= 0.3 is 0 Å². The lowest BCUT2D eigenvalue weighted by Crippen LogP contribution is -2.52. The molecule has 0 bridgehead atoms. The second-order valence-electron chi connectivity index (χ2n) is 8.29. The van der Waals surface area contributed by atoms with Crippen LogP contribution in [0.25, 0.3) is 0 Å². The van der Waals surface area contributed by atoms with Crippen LogP contribution in [0.2, 0.25) is 0 Å². The molecule has 0 radical (unpaired) electrons. The highest BCUT2D eigenvalue weighted by molar-refractivity contribution is 7.85. The Morgan fingerprint density at radius 3 is 1.69 bits per heavy atom. The predicted molar refractivity (Wildman–Crippen MR) is 119 cm³/mol. The van der Waals surface area contributed by atoms with E-state index in [4.69, 9.17) is 9.47 Å². The minimum Gasteiger partial charge on any atom is -0.748 e. The van der Waals surface area contributed by atoms with Gasteiger partial charge in [-0.1, -0.05) is 52.4 Å². The van der Waals surface area contributed by atoms with Crippen molar-refractivity contribution in [3.63, 3.8) is 0 Å². The van der Waals surface area contributed by atoms with Crippen molar-refractivity contribution in [2.45, 2.75) is 84.5 Å². The normalized spacial score (nSPS) is 12.6. The minimum atomic E-state index is -4.15. The van der Waals surface area contributed by atoms with E-state index in [0.29, 0.717) is 26.2 Å². The number of ether oxygens (including phenoxy) is 2. The van der Waals surface area contributed by atoms with Gasteiger partial charge in [0.25, 0.3) is 0 Å². The van der Waals surface area contributed by atoms with Crippen molar-refractivity contribution in [2.24, 2.45) is 0 Å². The lowest BCUT2D eigenvalue weighted by Gasteiger charge is -2.39. The van der Waals surface area contributed by atoms with Crippen molar-refractivity contribution >= 4 is 10.1 Å². The summed E-state index contributed by atoms with van der Waals surface area (Å²) >= 11 is 0. The summed E-state index contributed by atoms with van der Waals surface area (Å²) in [6, 6.07) is 0. The fraction of sp³-hybridized carbons (Fsp3) is 1.00. The SMILES string of the molecule is CCCCCCC[N+](CCCCCCC)(CCCS(=O)(=O)[O-])CCOCCOC. The number of nitrogens with zero attached hydrogens (tertiary/aromatic N) is 1.